The van der Waals surface area contributed by atoms with E-state index in [1.807, 2.05) is 0 Å². The number of aliphatic hydroxyl groups excluding tert-OH is 2. The Balaban J connectivity index is 4.63. The molecule has 0 aromatic heterocycles. The van der Waals surface area contributed by atoms with Crippen LogP contribution in [0.2, 0.25) is 0 Å². The molecule has 0 saturated heterocycles. The summed E-state index contributed by atoms with van der Waals surface area (Å²) in [7, 11) is 0. The smallest absolute Gasteiger partial charge is 0.306 e. The molecule has 0 aromatic rings. The van der Waals surface area contributed by atoms with Crippen LogP contribution in [0.4, 0.5) is 0 Å². The quantitative estimate of drug-likeness (QED) is 0.0324. The molecule has 0 fully saturated rings. The highest BCUT2D eigenvalue weighted by atomic mass is 16.5. The molecule has 0 heterocycles. The molecule has 0 aliphatic carbocycles. The average Bonchev–Trinajstić information content (AvgIpc) is 3.20. The van der Waals surface area contributed by atoms with Crippen molar-refractivity contribution < 1.29 is 24.5 Å². The molecule has 0 aromatic carbocycles. The summed E-state index contributed by atoms with van der Waals surface area (Å²) in [4.78, 5) is 26.0. The fraction of sp³-hybridized carbons (Fsp3) is 0.804. The van der Waals surface area contributed by atoms with Gasteiger partial charge in [0.2, 0.25) is 5.91 Å². The highest BCUT2D eigenvalue weighted by Crippen LogP contribution is 2.17. The Morgan fingerprint density at radius 1 is 0.526 bits per heavy atom. The Kier molecular flexibility index (Phi) is 43.2. The van der Waals surface area contributed by atoms with Gasteiger partial charge in [-0.25, -0.2) is 0 Å². The zero-order valence-electron chi connectivity index (χ0n) is 37.7. The van der Waals surface area contributed by atoms with E-state index in [2.05, 4.69) is 74.7 Å². The number of ether oxygens (including phenoxy) is 1. The molecule has 0 aliphatic rings. The van der Waals surface area contributed by atoms with Crippen molar-refractivity contribution in [3.05, 3.63) is 48.6 Å². The maximum atomic E-state index is 13.1. The van der Waals surface area contributed by atoms with Gasteiger partial charge in [-0.2, -0.15) is 0 Å². The Labute approximate surface area is 353 Å². The van der Waals surface area contributed by atoms with Crippen molar-refractivity contribution in [2.24, 2.45) is 0 Å². The minimum atomic E-state index is -0.799. The molecule has 0 rings (SSSR count). The van der Waals surface area contributed by atoms with E-state index in [0.29, 0.717) is 19.3 Å². The van der Waals surface area contributed by atoms with Crippen LogP contribution in [-0.2, 0) is 14.3 Å². The van der Waals surface area contributed by atoms with E-state index in [1.165, 1.54) is 103 Å². The van der Waals surface area contributed by atoms with Crippen LogP contribution in [0.15, 0.2) is 48.6 Å². The van der Waals surface area contributed by atoms with Crippen LogP contribution in [0, 0.1) is 0 Å². The first-order valence-corrected chi connectivity index (χ1v) is 24.4. The van der Waals surface area contributed by atoms with Gasteiger partial charge in [-0.3, -0.25) is 9.59 Å². The van der Waals surface area contributed by atoms with Crippen molar-refractivity contribution in [3.8, 4) is 0 Å². The number of esters is 1. The van der Waals surface area contributed by atoms with Gasteiger partial charge >= 0.3 is 5.97 Å². The Hall–Kier alpha value is -2.18. The third-order valence-corrected chi connectivity index (χ3v) is 10.9. The van der Waals surface area contributed by atoms with Crippen LogP contribution in [0.1, 0.15) is 239 Å². The van der Waals surface area contributed by atoms with E-state index in [-0.39, 0.29) is 24.9 Å². The molecule has 3 N–H and O–H groups in total. The standard InChI is InChI=1S/C51H93NO5/c1-4-7-10-13-16-19-22-25-28-31-34-37-40-43-49(54)48(46-53)52-50(55)45-47(42-39-36-33-30-27-24-21-18-15-12-9-6-3)57-51(56)44-41-38-35-32-29-26-23-20-17-14-11-8-5-2/h9,12,18,21,26-27,29-30,47-49,53-54H,4-8,10-11,13-17,19-20,22-25,28,31-46H2,1-3H3,(H,52,55)/b12-9+,21-18+,29-26-,30-27+. The van der Waals surface area contributed by atoms with Gasteiger partial charge in [0.15, 0.2) is 0 Å². The summed E-state index contributed by atoms with van der Waals surface area (Å²) in [5.41, 5.74) is 0. The maximum absolute atomic E-state index is 13.1. The van der Waals surface area contributed by atoms with Crippen LogP contribution in [-0.4, -0.2) is 46.9 Å². The van der Waals surface area contributed by atoms with Crippen molar-refractivity contribution in [1.82, 2.24) is 5.32 Å². The monoisotopic (exact) mass is 800 g/mol. The first-order valence-electron chi connectivity index (χ1n) is 24.4. The highest BCUT2D eigenvalue weighted by Gasteiger charge is 2.24. The summed E-state index contributed by atoms with van der Waals surface area (Å²) in [5.74, 6) is -0.530. The molecule has 6 heteroatoms. The highest BCUT2D eigenvalue weighted by molar-refractivity contribution is 5.77. The second-order valence-corrected chi connectivity index (χ2v) is 16.5. The fourth-order valence-corrected chi connectivity index (χ4v) is 7.20. The number of carbonyl (C=O) groups excluding carboxylic acids is 2. The van der Waals surface area contributed by atoms with Crippen molar-refractivity contribution in [2.75, 3.05) is 6.61 Å². The SMILES string of the molecule is CC/C=C/C/C=C/C/C=C/CCCCC(CC(=O)NC(CO)C(O)CCCCCCCCCCCCCCC)OC(=O)CCCCC/C=C\CCCCCCCC. The summed E-state index contributed by atoms with van der Waals surface area (Å²) in [5, 5.41) is 23.7. The number of allylic oxidation sites excluding steroid dienone is 8. The summed E-state index contributed by atoms with van der Waals surface area (Å²) >= 11 is 0. The average molecular weight is 800 g/mol. The number of hydrogen-bond acceptors (Lipinski definition) is 5. The zero-order valence-corrected chi connectivity index (χ0v) is 37.7. The number of rotatable bonds is 43. The molecule has 3 atom stereocenters. The second kappa shape index (κ2) is 44.9. The van der Waals surface area contributed by atoms with Crippen molar-refractivity contribution in [2.45, 2.75) is 257 Å². The van der Waals surface area contributed by atoms with Crippen LogP contribution in [0.5, 0.6) is 0 Å². The summed E-state index contributed by atoms with van der Waals surface area (Å²) in [6.45, 7) is 6.34. The minimum Gasteiger partial charge on any atom is -0.462 e. The third kappa shape index (κ3) is 40.4. The number of nitrogens with one attached hydrogen (secondary N) is 1. The van der Waals surface area contributed by atoms with Gasteiger partial charge in [0.05, 0.1) is 25.2 Å². The largest absolute Gasteiger partial charge is 0.462 e. The minimum absolute atomic E-state index is 0.0458. The summed E-state index contributed by atoms with van der Waals surface area (Å²) < 4.78 is 5.89. The molecule has 1 amide bonds. The van der Waals surface area contributed by atoms with Crippen LogP contribution >= 0.6 is 0 Å². The van der Waals surface area contributed by atoms with Gasteiger partial charge in [0.25, 0.3) is 0 Å². The Morgan fingerprint density at radius 3 is 1.47 bits per heavy atom. The van der Waals surface area contributed by atoms with Gasteiger partial charge in [-0.15, -0.1) is 0 Å². The zero-order chi connectivity index (χ0) is 41.7. The second-order valence-electron chi connectivity index (χ2n) is 16.5. The molecule has 57 heavy (non-hydrogen) atoms. The predicted octanol–water partition coefficient (Wildman–Crippen LogP) is 14.3. The van der Waals surface area contributed by atoms with Crippen LogP contribution in [0.3, 0.4) is 0 Å². The first-order chi connectivity index (χ1) is 28.0. The van der Waals surface area contributed by atoms with E-state index >= 15 is 0 Å². The molecule has 0 radical (unpaired) electrons. The van der Waals surface area contributed by atoms with E-state index in [9.17, 15) is 19.8 Å². The van der Waals surface area contributed by atoms with Gasteiger partial charge in [0, 0.05) is 6.42 Å². The number of amides is 1. The van der Waals surface area contributed by atoms with Crippen LogP contribution < -0.4 is 5.32 Å². The van der Waals surface area contributed by atoms with Gasteiger partial charge in [-0.1, -0.05) is 191 Å². The lowest BCUT2D eigenvalue weighted by Crippen LogP contribution is -2.46. The lowest BCUT2D eigenvalue weighted by molar-refractivity contribution is -0.151. The van der Waals surface area contributed by atoms with Gasteiger partial charge in [-0.05, 0) is 83.5 Å². The normalized spacial score (nSPS) is 13.7. The predicted molar refractivity (Wildman–Crippen MR) is 245 cm³/mol. The molecule has 0 bridgehead atoms. The number of hydrogen-bond donors (Lipinski definition) is 3. The van der Waals surface area contributed by atoms with E-state index in [4.69, 9.17) is 4.74 Å². The molecular weight excluding hydrogens is 707 g/mol. The van der Waals surface area contributed by atoms with Gasteiger partial charge < -0.3 is 20.3 Å². The maximum Gasteiger partial charge on any atom is 0.306 e. The van der Waals surface area contributed by atoms with Crippen LogP contribution in [0.25, 0.3) is 0 Å². The number of aliphatic hydroxyl groups is 2. The number of carbonyl (C=O) groups is 2. The topological polar surface area (TPSA) is 95.9 Å². The fourth-order valence-electron chi connectivity index (χ4n) is 7.20. The lowest BCUT2D eigenvalue weighted by atomic mass is 10.0. The third-order valence-electron chi connectivity index (χ3n) is 10.9. The molecule has 0 saturated carbocycles. The Bertz CT molecular complexity index is 988. The summed E-state index contributed by atoms with van der Waals surface area (Å²) in [6.07, 6.45) is 53.1. The number of unbranched alkanes of at least 4 members (excludes halogenated alkanes) is 23. The van der Waals surface area contributed by atoms with Crippen molar-refractivity contribution in [1.29, 1.82) is 0 Å². The molecule has 6 nitrogen and oxygen atoms in total. The molecule has 0 spiro atoms. The lowest BCUT2D eigenvalue weighted by Gasteiger charge is -2.24. The van der Waals surface area contributed by atoms with E-state index in [1.54, 1.807) is 0 Å². The molecule has 332 valence electrons. The summed E-state index contributed by atoms with van der Waals surface area (Å²) in [6, 6.07) is -0.715. The first kappa shape index (κ1) is 54.8. The molecule has 0 aliphatic heterocycles. The molecular formula is C51H93NO5. The van der Waals surface area contributed by atoms with Gasteiger partial charge in [0.1, 0.15) is 6.10 Å². The van der Waals surface area contributed by atoms with Crippen molar-refractivity contribution >= 4 is 11.9 Å². The Morgan fingerprint density at radius 2 is 0.947 bits per heavy atom. The molecule has 3 unspecified atom stereocenters. The van der Waals surface area contributed by atoms with E-state index in [0.717, 1.165) is 89.9 Å². The van der Waals surface area contributed by atoms with E-state index < -0.39 is 18.2 Å². The van der Waals surface area contributed by atoms with Crippen molar-refractivity contribution in [3.63, 3.8) is 0 Å².